The van der Waals surface area contributed by atoms with Crippen LogP contribution in [0.4, 0.5) is 5.69 Å². The Labute approximate surface area is 126 Å². The Morgan fingerprint density at radius 1 is 1.20 bits per heavy atom. The summed E-state index contributed by atoms with van der Waals surface area (Å²) in [4.78, 5) is 0.430. The van der Waals surface area contributed by atoms with Crippen LogP contribution in [0.2, 0.25) is 0 Å². The molecule has 3 N–H and O–H groups in total. The predicted molar refractivity (Wildman–Crippen MR) is 90.2 cm³/mol. The van der Waals surface area contributed by atoms with E-state index in [9.17, 15) is 0 Å². The van der Waals surface area contributed by atoms with Gasteiger partial charge in [-0.3, -0.25) is 0 Å². The maximum atomic E-state index is 5.83. The first-order valence-corrected chi connectivity index (χ1v) is 7.24. The van der Waals surface area contributed by atoms with E-state index in [4.69, 9.17) is 18.0 Å². The molecule has 0 spiro atoms. The van der Waals surface area contributed by atoms with Crippen LogP contribution in [0, 0.1) is 6.92 Å². The minimum absolute atomic E-state index is 0.256. The number of nitrogens with two attached hydrogens (primary N) is 1. The van der Waals surface area contributed by atoms with Gasteiger partial charge in [0.05, 0.1) is 6.04 Å². The fourth-order valence-corrected chi connectivity index (χ4v) is 2.45. The van der Waals surface area contributed by atoms with E-state index in [1.807, 2.05) is 19.1 Å². The number of anilines is 1. The molecule has 0 saturated carbocycles. The monoisotopic (exact) mass is 284 g/mol. The Hall–Kier alpha value is -1.87. The van der Waals surface area contributed by atoms with Crippen molar-refractivity contribution < 1.29 is 0 Å². The summed E-state index contributed by atoms with van der Waals surface area (Å²) in [7, 11) is 0. The van der Waals surface area contributed by atoms with E-state index < -0.39 is 0 Å². The molecule has 2 aromatic rings. The van der Waals surface area contributed by atoms with Gasteiger partial charge in [0, 0.05) is 11.3 Å². The summed E-state index contributed by atoms with van der Waals surface area (Å²) in [5.74, 6) is 0. The number of benzene rings is 2. The van der Waals surface area contributed by atoms with Crippen molar-refractivity contribution in [3.05, 3.63) is 65.2 Å². The fraction of sp³-hybridized carbons (Fsp3) is 0.235. The quantitative estimate of drug-likeness (QED) is 0.808. The lowest BCUT2D eigenvalue weighted by Gasteiger charge is -2.21. The first-order chi connectivity index (χ1) is 9.61. The number of thiocarbonyl (C=S) groups is 1. The molecule has 3 heteroatoms. The van der Waals surface area contributed by atoms with E-state index in [0.717, 1.165) is 23.2 Å². The maximum absolute atomic E-state index is 5.83. The standard InChI is InChI=1S/C17H20N2S/c1-3-15(13-7-5-4-6-8-13)19-16-10-9-12(2)11-14(16)17(18)20/h4-11,15,19H,3H2,1-2H3,(H2,18,20). The van der Waals surface area contributed by atoms with Crippen LogP contribution >= 0.6 is 12.2 Å². The summed E-state index contributed by atoms with van der Waals surface area (Å²) >= 11 is 5.15. The highest BCUT2D eigenvalue weighted by atomic mass is 32.1. The molecule has 0 aliphatic rings. The van der Waals surface area contributed by atoms with Crippen LogP contribution in [0.3, 0.4) is 0 Å². The normalized spacial score (nSPS) is 11.9. The molecule has 0 aromatic heterocycles. The number of hydrogen-bond donors (Lipinski definition) is 2. The molecular formula is C17H20N2S. The number of nitrogens with one attached hydrogen (secondary N) is 1. The van der Waals surface area contributed by atoms with Crippen molar-refractivity contribution >= 4 is 22.9 Å². The van der Waals surface area contributed by atoms with Gasteiger partial charge in [-0.2, -0.15) is 0 Å². The molecule has 20 heavy (non-hydrogen) atoms. The zero-order valence-electron chi connectivity index (χ0n) is 11.9. The van der Waals surface area contributed by atoms with Gasteiger partial charge in [0.15, 0.2) is 0 Å². The zero-order valence-corrected chi connectivity index (χ0v) is 12.7. The summed E-state index contributed by atoms with van der Waals surface area (Å²) in [6.07, 6.45) is 0.995. The van der Waals surface area contributed by atoms with Gasteiger partial charge < -0.3 is 11.1 Å². The van der Waals surface area contributed by atoms with Gasteiger partial charge in [-0.15, -0.1) is 0 Å². The summed E-state index contributed by atoms with van der Waals surface area (Å²) in [6, 6.07) is 16.8. The molecule has 2 aromatic carbocycles. The molecule has 0 amide bonds. The summed E-state index contributed by atoms with van der Waals surface area (Å²) in [5.41, 5.74) is 10.2. The lowest BCUT2D eigenvalue weighted by molar-refractivity contribution is 0.749. The Morgan fingerprint density at radius 2 is 1.90 bits per heavy atom. The third-order valence-corrected chi connectivity index (χ3v) is 3.60. The Kier molecular flexibility index (Phi) is 4.74. The van der Waals surface area contributed by atoms with Crippen LogP contribution < -0.4 is 11.1 Å². The van der Waals surface area contributed by atoms with E-state index in [-0.39, 0.29) is 6.04 Å². The van der Waals surface area contributed by atoms with Crippen LogP contribution in [0.5, 0.6) is 0 Å². The number of rotatable bonds is 5. The van der Waals surface area contributed by atoms with E-state index in [1.54, 1.807) is 0 Å². The Morgan fingerprint density at radius 3 is 2.50 bits per heavy atom. The first kappa shape index (κ1) is 14.5. The molecule has 0 saturated heterocycles. The van der Waals surface area contributed by atoms with Crippen LogP contribution in [-0.4, -0.2) is 4.99 Å². The average Bonchev–Trinajstić information content (AvgIpc) is 2.46. The van der Waals surface area contributed by atoms with Crippen LogP contribution in [0.15, 0.2) is 48.5 Å². The molecule has 104 valence electrons. The highest BCUT2D eigenvalue weighted by molar-refractivity contribution is 7.80. The second kappa shape index (κ2) is 6.53. The number of aryl methyl sites for hydroxylation is 1. The van der Waals surface area contributed by atoms with Gasteiger partial charge in [-0.05, 0) is 31.0 Å². The topological polar surface area (TPSA) is 38.0 Å². The number of hydrogen-bond acceptors (Lipinski definition) is 2. The fourth-order valence-electron chi connectivity index (χ4n) is 2.28. The van der Waals surface area contributed by atoms with Crippen LogP contribution in [0.1, 0.15) is 36.1 Å². The third kappa shape index (κ3) is 3.36. The van der Waals surface area contributed by atoms with Gasteiger partial charge in [-0.25, -0.2) is 0 Å². The highest BCUT2D eigenvalue weighted by Gasteiger charge is 2.12. The van der Waals surface area contributed by atoms with Gasteiger partial charge in [-0.1, -0.05) is 61.1 Å². The van der Waals surface area contributed by atoms with E-state index in [0.29, 0.717) is 4.99 Å². The van der Waals surface area contributed by atoms with Crippen molar-refractivity contribution in [2.24, 2.45) is 5.73 Å². The molecule has 2 rings (SSSR count). The molecule has 0 aliphatic carbocycles. The largest absolute Gasteiger partial charge is 0.389 e. The third-order valence-electron chi connectivity index (χ3n) is 3.38. The summed E-state index contributed by atoms with van der Waals surface area (Å²) < 4.78 is 0. The summed E-state index contributed by atoms with van der Waals surface area (Å²) in [5, 5.41) is 3.55. The van der Waals surface area contributed by atoms with Crippen molar-refractivity contribution in [2.75, 3.05) is 5.32 Å². The van der Waals surface area contributed by atoms with Gasteiger partial charge in [0.25, 0.3) is 0 Å². The van der Waals surface area contributed by atoms with Crippen molar-refractivity contribution in [3.8, 4) is 0 Å². The molecule has 0 radical (unpaired) electrons. The predicted octanol–water partition coefficient (Wildman–Crippen LogP) is 4.19. The minimum Gasteiger partial charge on any atom is -0.389 e. The van der Waals surface area contributed by atoms with E-state index in [1.165, 1.54) is 5.56 Å². The lowest BCUT2D eigenvalue weighted by Crippen LogP contribution is -2.16. The SMILES string of the molecule is CCC(Nc1ccc(C)cc1C(N)=S)c1ccccc1. The van der Waals surface area contributed by atoms with E-state index >= 15 is 0 Å². The molecule has 0 aliphatic heterocycles. The second-order valence-corrected chi connectivity index (χ2v) is 5.37. The summed E-state index contributed by atoms with van der Waals surface area (Å²) in [6.45, 7) is 4.21. The smallest absolute Gasteiger partial charge is 0.106 e. The molecule has 0 bridgehead atoms. The maximum Gasteiger partial charge on any atom is 0.106 e. The Balaban J connectivity index is 2.31. The minimum atomic E-state index is 0.256. The van der Waals surface area contributed by atoms with Crippen molar-refractivity contribution in [3.63, 3.8) is 0 Å². The van der Waals surface area contributed by atoms with E-state index in [2.05, 4.69) is 48.6 Å². The Bertz CT molecular complexity index is 593. The van der Waals surface area contributed by atoms with Gasteiger partial charge in [0.2, 0.25) is 0 Å². The second-order valence-electron chi connectivity index (χ2n) is 4.93. The van der Waals surface area contributed by atoms with Crippen LogP contribution in [0.25, 0.3) is 0 Å². The van der Waals surface area contributed by atoms with Gasteiger partial charge in [0.1, 0.15) is 4.99 Å². The first-order valence-electron chi connectivity index (χ1n) is 6.83. The molecule has 2 nitrogen and oxygen atoms in total. The van der Waals surface area contributed by atoms with Crippen molar-refractivity contribution in [1.82, 2.24) is 0 Å². The molecule has 0 heterocycles. The molecule has 1 unspecified atom stereocenters. The lowest BCUT2D eigenvalue weighted by atomic mass is 10.0. The molecule has 1 atom stereocenters. The van der Waals surface area contributed by atoms with Crippen molar-refractivity contribution in [1.29, 1.82) is 0 Å². The molecule has 0 fully saturated rings. The van der Waals surface area contributed by atoms with Crippen LogP contribution in [-0.2, 0) is 0 Å². The zero-order chi connectivity index (χ0) is 14.5. The average molecular weight is 284 g/mol. The molecular weight excluding hydrogens is 264 g/mol. The van der Waals surface area contributed by atoms with Crippen molar-refractivity contribution in [2.45, 2.75) is 26.3 Å². The highest BCUT2D eigenvalue weighted by Crippen LogP contribution is 2.25. The van der Waals surface area contributed by atoms with Gasteiger partial charge >= 0.3 is 0 Å².